The van der Waals surface area contributed by atoms with Crippen molar-refractivity contribution in [2.24, 2.45) is 0 Å². The lowest BCUT2D eigenvalue weighted by molar-refractivity contribution is 0.269. The van der Waals surface area contributed by atoms with Crippen LogP contribution in [0.15, 0.2) is 22.8 Å². The maximum Gasteiger partial charge on any atom is 0.169 e. The van der Waals surface area contributed by atoms with Gasteiger partial charge < -0.3 is 9.84 Å². The number of hydrogen-bond acceptors (Lipinski definition) is 4. The van der Waals surface area contributed by atoms with Gasteiger partial charge in [-0.2, -0.15) is 0 Å². The lowest BCUT2D eigenvalue weighted by atomic mass is 10.2. The van der Waals surface area contributed by atoms with Crippen molar-refractivity contribution in [3.8, 4) is 11.5 Å². The largest absolute Gasteiger partial charge is 0.452 e. The monoisotopic (exact) mass is 374 g/mol. The third-order valence-corrected chi connectivity index (χ3v) is 3.62. The minimum Gasteiger partial charge on any atom is -0.452 e. The van der Waals surface area contributed by atoms with E-state index in [2.05, 4.69) is 25.9 Å². The normalized spacial score (nSPS) is 11.0. The topological polar surface area (TPSA) is 55.2 Å². The molecule has 7 heteroatoms. The zero-order chi connectivity index (χ0) is 15.6. The first-order chi connectivity index (χ1) is 9.92. The van der Waals surface area contributed by atoms with Crippen LogP contribution in [0, 0.1) is 5.82 Å². The number of aromatic nitrogens is 2. The summed E-state index contributed by atoms with van der Waals surface area (Å²) in [6.45, 7) is 3.59. The average Bonchev–Trinajstić information content (AvgIpc) is 2.44. The third kappa shape index (κ3) is 3.70. The van der Waals surface area contributed by atoms with E-state index in [1.807, 2.05) is 13.8 Å². The second-order valence-corrected chi connectivity index (χ2v) is 5.91. The Hall–Kier alpha value is -1.24. The van der Waals surface area contributed by atoms with Crippen LogP contribution >= 0.6 is 27.5 Å². The first kappa shape index (κ1) is 16.1. The van der Waals surface area contributed by atoms with Gasteiger partial charge in [0.15, 0.2) is 5.75 Å². The number of nitrogens with zero attached hydrogens (tertiary/aromatic N) is 2. The molecule has 0 aliphatic carbocycles. The van der Waals surface area contributed by atoms with E-state index >= 15 is 0 Å². The Kier molecular flexibility index (Phi) is 5.13. The van der Waals surface area contributed by atoms with Crippen molar-refractivity contribution < 1.29 is 14.2 Å². The van der Waals surface area contributed by atoms with Crippen LogP contribution in [0.3, 0.4) is 0 Å². The molecule has 0 spiro atoms. The van der Waals surface area contributed by atoms with Gasteiger partial charge in [-0.15, -0.1) is 0 Å². The Morgan fingerprint density at radius 1 is 1.38 bits per heavy atom. The number of halogens is 3. The van der Waals surface area contributed by atoms with Crippen molar-refractivity contribution in [2.45, 2.75) is 26.4 Å². The molecule has 1 N–H and O–H groups in total. The van der Waals surface area contributed by atoms with Crippen LogP contribution in [0.2, 0.25) is 5.02 Å². The quantitative estimate of drug-likeness (QED) is 0.803. The predicted octanol–water partition coefficient (Wildman–Crippen LogP) is 4.44. The first-order valence-electron chi connectivity index (χ1n) is 6.21. The van der Waals surface area contributed by atoms with Gasteiger partial charge in [-0.25, -0.2) is 14.4 Å². The molecule has 1 aromatic heterocycles. The molecule has 0 saturated heterocycles. The number of ether oxygens (including phenoxy) is 1. The Labute approximate surface area is 135 Å². The molecule has 0 fully saturated rings. The molecule has 112 valence electrons. The number of rotatable bonds is 4. The molecular formula is C14H13BrClFN2O2. The lowest BCUT2D eigenvalue weighted by Gasteiger charge is -2.12. The summed E-state index contributed by atoms with van der Waals surface area (Å²) >= 11 is 8.92. The van der Waals surface area contributed by atoms with Crippen molar-refractivity contribution in [1.29, 1.82) is 0 Å². The van der Waals surface area contributed by atoms with E-state index in [-0.39, 0.29) is 29.0 Å². The second-order valence-electron chi connectivity index (χ2n) is 4.65. The molecule has 0 aliphatic heterocycles. The Bertz CT molecular complexity index is 668. The van der Waals surface area contributed by atoms with Gasteiger partial charge in [-0.3, -0.25) is 0 Å². The highest BCUT2D eigenvalue weighted by Crippen LogP contribution is 2.34. The average molecular weight is 376 g/mol. The van der Waals surface area contributed by atoms with Crippen LogP contribution < -0.4 is 4.74 Å². The standard InChI is InChI=1S/C14H13BrClFN2O2/c1-7(2)14-18-5-13(11(6-20)19-14)21-12-4-10(17)9(16)3-8(12)15/h3-5,7,20H,6H2,1-2H3. The van der Waals surface area contributed by atoms with E-state index in [0.717, 1.165) is 6.07 Å². The molecule has 1 aromatic carbocycles. The summed E-state index contributed by atoms with van der Waals surface area (Å²) in [7, 11) is 0. The highest BCUT2D eigenvalue weighted by atomic mass is 79.9. The second kappa shape index (κ2) is 6.68. The van der Waals surface area contributed by atoms with E-state index in [0.29, 0.717) is 16.0 Å². The summed E-state index contributed by atoms with van der Waals surface area (Å²) < 4.78 is 19.6. The first-order valence-corrected chi connectivity index (χ1v) is 7.38. The summed E-state index contributed by atoms with van der Waals surface area (Å²) in [5.41, 5.74) is 0.343. The lowest BCUT2D eigenvalue weighted by Crippen LogP contribution is -2.04. The smallest absolute Gasteiger partial charge is 0.169 e. The van der Waals surface area contributed by atoms with E-state index < -0.39 is 5.82 Å². The fourth-order valence-electron chi connectivity index (χ4n) is 1.60. The van der Waals surface area contributed by atoms with Crippen molar-refractivity contribution in [1.82, 2.24) is 9.97 Å². The Morgan fingerprint density at radius 3 is 2.71 bits per heavy atom. The Morgan fingerprint density at radius 2 is 2.10 bits per heavy atom. The molecule has 0 atom stereocenters. The molecule has 21 heavy (non-hydrogen) atoms. The number of benzene rings is 1. The Balaban J connectivity index is 2.37. The molecule has 1 heterocycles. The molecular weight excluding hydrogens is 363 g/mol. The number of aliphatic hydroxyl groups excluding tert-OH is 1. The third-order valence-electron chi connectivity index (χ3n) is 2.71. The SMILES string of the molecule is CC(C)c1ncc(Oc2cc(F)c(Cl)cc2Br)c(CO)n1. The highest BCUT2D eigenvalue weighted by Gasteiger charge is 2.14. The van der Waals surface area contributed by atoms with Gasteiger partial charge in [0.25, 0.3) is 0 Å². The molecule has 2 rings (SSSR count). The van der Waals surface area contributed by atoms with E-state index in [4.69, 9.17) is 16.3 Å². The van der Waals surface area contributed by atoms with Crippen LogP contribution in [0.1, 0.15) is 31.3 Å². The fraction of sp³-hybridized carbons (Fsp3) is 0.286. The summed E-state index contributed by atoms with van der Waals surface area (Å²) in [6, 6.07) is 2.55. The van der Waals surface area contributed by atoms with E-state index in [9.17, 15) is 9.50 Å². The van der Waals surface area contributed by atoms with Crippen LogP contribution in [-0.2, 0) is 6.61 Å². The summed E-state index contributed by atoms with van der Waals surface area (Å²) in [5, 5.41) is 9.38. The maximum absolute atomic E-state index is 13.5. The van der Waals surface area contributed by atoms with Gasteiger partial charge >= 0.3 is 0 Å². The van der Waals surface area contributed by atoms with Gasteiger partial charge in [-0.1, -0.05) is 25.4 Å². The van der Waals surface area contributed by atoms with Crippen LogP contribution in [0.5, 0.6) is 11.5 Å². The van der Waals surface area contributed by atoms with Crippen molar-refractivity contribution in [3.05, 3.63) is 45.2 Å². The van der Waals surface area contributed by atoms with E-state index in [1.54, 1.807) is 0 Å². The zero-order valence-corrected chi connectivity index (χ0v) is 13.7. The summed E-state index contributed by atoms with van der Waals surface area (Å²) in [5.74, 6) is 0.633. The molecule has 0 radical (unpaired) electrons. The number of hydrogen-bond donors (Lipinski definition) is 1. The van der Waals surface area contributed by atoms with Gasteiger partial charge in [-0.05, 0) is 22.0 Å². The molecule has 0 amide bonds. The van der Waals surface area contributed by atoms with Crippen molar-refractivity contribution in [3.63, 3.8) is 0 Å². The molecule has 4 nitrogen and oxygen atoms in total. The minimum atomic E-state index is -0.597. The zero-order valence-electron chi connectivity index (χ0n) is 11.4. The van der Waals surface area contributed by atoms with Crippen LogP contribution in [0.4, 0.5) is 4.39 Å². The molecule has 0 aliphatic rings. The van der Waals surface area contributed by atoms with Gasteiger partial charge in [0.2, 0.25) is 0 Å². The van der Waals surface area contributed by atoms with Gasteiger partial charge in [0, 0.05) is 12.0 Å². The molecule has 2 aromatic rings. The van der Waals surface area contributed by atoms with Crippen molar-refractivity contribution >= 4 is 27.5 Å². The fourth-order valence-corrected chi connectivity index (χ4v) is 2.32. The highest BCUT2D eigenvalue weighted by molar-refractivity contribution is 9.10. The number of aliphatic hydroxyl groups is 1. The summed E-state index contributed by atoms with van der Waals surface area (Å²) in [4.78, 5) is 8.41. The molecule has 0 bridgehead atoms. The molecule has 0 saturated carbocycles. The molecule has 0 unspecified atom stereocenters. The minimum absolute atomic E-state index is 0.0111. The van der Waals surface area contributed by atoms with Crippen molar-refractivity contribution in [2.75, 3.05) is 0 Å². The van der Waals surface area contributed by atoms with E-state index in [1.165, 1.54) is 12.3 Å². The van der Waals surface area contributed by atoms with Crippen LogP contribution in [-0.4, -0.2) is 15.1 Å². The predicted molar refractivity (Wildman–Crippen MR) is 81.2 cm³/mol. The van der Waals surface area contributed by atoms with Gasteiger partial charge in [0.05, 0.1) is 22.3 Å². The summed E-state index contributed by atoms with van der Waals surface area (Å²) in [6.07, 6.45) is 1.47. The van der Waals surface area contributed by atoms with Crippen LogP contribution in [0.25, 0.3) is 0 Å². The van der Waals surface area contributed by atoms with Gasteiger partial charge in [0.1, 0.15) is 23.1 Å². The maximum atomic E-state index is 13.5.